The van der Waals surface area contributed by atoms with Crippen molar-refractivity contribution in [3.05, 3.63) is 59.1 Å². The van der Waals surface area contributed by atoms with Crippen LogP contribution in [0.5, 0.6) is 11.5 Å². The molecule has 0 aliphatic rings. The zero-order chi connectivity index (χ0) is 16.7. The van der Waals surface area contributed by atoms with Crippen molar-refractivity contribution in [1.82, 2.24) is 5.32 Å². The normalized spacial score (nSPS) is 13.4. The molecule has 2 atom stereocenters. The van der Waals surface area contributed by atoms with Crippen LogP contribution in [0.3, 0.4) is 0 Å². The van der Waals surface area contributed by atoms with E-state index in [1.54, 1.807) is 13.2 Å². The number of aliphatic hydroxyl groups excluding tert-OH is 1. The van der Waals surface area contributed by atoms with Crippen LogP contribution in [0.25, 0.3) is 0 Å². The van der Waals surface area contributed by atoms with Gasteiger partial charge in [0.2, 0.25) is 0 Å². The van der Waals surface area contributed by atoms with E-state index in [0.29, 0.717) is 17.3 Å². The van der Waals surface area contributed by atoms with E-state index >= 15 is 0 Å². The summed E-state index contributed by atoms with van der Waals surface area (Å²) in [5.74, 6) is 1.40. The Bertz CT molecular complexity index is 603. The number of nitrogens with one attached hydrogen (secondary N) is 1. The van der Waals surface area contributed by atoms with Crippen molar-refractivity contribution in [2.75, 3.05) is 20.3 Å². The summed E-state index contributed by atoms with van der Waals surface area (Å²) in [4.78, 5) is 0. The fraction of sp³-hybridized carbons (Fsp3) is 0.333. The van der Waals surface area contributed by atoms with Crippen LogP contribution in [0.4, 0.5) is 0 Å². The highest BCUT2D eigenvalue weighted by Gasteiger charge is 2.10. The van der Waals surface area contributed by atoms with Crippen LogP contribution in [-0.2, 0) is 0 Å². The fourth-order valence-electron chi connectivity index (χ4n) is 2.12. The molecular weight excluding hydrogens is 314 g/mol. The molecule has 0 aromatic heterocycles. The standard InChI is InChI=1S/C18H22ClNO3/c1-13(14-6-8-15(19)9-7-14)20-11-16(21)12-23-18-5-3-4-17(10-18)22-2/h3-10,13,16,20-21H,11-12H2,1-2H3. The van der Waals surface area contributed by atoms with Crippen LogP contribution >= 0.6 is 11.6 Å². The average Bonchev–Trinajstić information content (AvgIpc) is 2.58. The van der Waals surface area contributed by atoms with Gasteiger partial charge >= 0.3 is 0 Å². The van der Waals surface area contributed by atoms with Gasteiger partial charge in [0, 0.05) is 23.7 Å². The lowest BCUT2D eigenvalue weighted by molar-refractivity contribution is 0.104. The predicted octanol–water partition coefficient (Wildman–Crippen LogP) is 3.44. The molecule has 0 aliphatic carbocycles. The summed E-state index contributed by atoms with van der Waals surface area (Å²) in [6, 6.07) is 15.1. The van der Waals surface area contributed by atoms with Gasteiger partial charge in [-0.25, -0.2) is 0 Å². The van der Waals surface area contributed by atoms with Crippen molar-refractivity contribution in [1.29, 1.82) is 0 Å². The van der Waals surface area contributed by atoms with E-state index in [0.717, 1.165) is 11.3 Å². The second-order valence-electron chi connectivity index (χ2n) is 5.33. The molecule has 2 aromatic rings. The number of hydrogen-bond acceptors (Lipinski definition) is 4. The predicted molar refractivity (Wildman–Crippen MR) is 92.4 cm³/mol. The van der Waals surface area contributed by atoms with Gasteiger partial charge < -0.3 is 19.9 Å². The monoisotopic (exact) mass is 335 g/mol. The van der Waals surface area contributed by atoms with Gasteiger partial charge in [0.25, 0.3) is 0 Å². The van der Waals surface area contributed by atoms with Crippen molar-refractivity contribution >= 4 is 11.6 Å². The van der Waals surface area contributed by atoms with E-state index in [4.69, 9.17) is 21.1 Å². The van der Waals surface area contributed by atoms with Crippen LogP contribution in [0.15, 0.2) is 48.5 Å². The Hall–Kier alpha value is -1.75. The Balaban J connectivity index is 1.76. The molecule has 2 unspecified atom stereocenters. The number of benzene rings is 2. The maximum atomic E-state index is 10.0. The Morgan fingerprint density at radius 2 is 1.83 bits per heavy atom. The molecule has 0 saturated carbocycles. The van der Waals surface area contributed by atoms with Crippen molar-refractivity contribution in [3.63, 3.8) is 0 Å². The first kappa shape index (κ1) is 17.6. The summed E-state index contributed by atoms with van der Waals surface area (Å²) < 4.78 is 10.7. The first-order valence-electron chi connectivity index (χ1n) is 7.52. The third kappa shape index (κ3) is 5.75. The van der Waals surface area contributed by atoms with Gasteiger partial charge in [0.05, 0.1) is 7.11 Å². The summed E-state index contributed by atoms with van der Waals surface area (Å²) in [6.07, 6.45) is -0.601. The zero-order valence-corrected chi connectivity index (χ0v) is 14.1. The molecule has 0 spiro atoms. The van der Waals surface area contributed by atoms with Gasteiger partial charge in [-0.2, -0.15) is 0 Å². The molecule has 0 bridgehead atoms. The lowest BCUT2D eigenvalue weighted by Gasteiger charge is -2.18. The lowest BCUT2D eigenvalue weighted by atomic mass is 10.1. The molecule has 2 aromatic carbocycles. The molecule has 2 rings (SSSR count). The van der Waals surface area contributed by atoms with Crippen LogP contribution in [0, 0.1) is 0 Å². The van der Waals surface area contributed by atoms with Gasteiger partial charge in [-0.15, -0.1) is 0 Å². The summed E-state index contributed by atoms with van der Waals surface area (Å²) >= 11 is 5.88. The van der Waals surface area contributed by atoms with Crippen molar-refractivity contribution in [3.8, 4) is 11.5 Å². The first-order chi connectivity index (χ1) is 11.1. The number of halogens is 1. The SMILES string of the molecule is COc1cccc(OCC(O)CNC(C)c2ccc(Cl)cc2)c1. The Morgan fingerprint density at radius 1 is 1.13 bits per heavy atom. The first-order valence-corrected chi connectivity index (χ1v) is 7.90. The van der Waals surface area contributed by atoms with E-state index in [9.17, 15) is 5.11 Å². The van der Waals surface area contributed by atoms with E-state index < -0.39 is 6.10 Å². The number of rotatable bonds is 8. The van der Waals surface area contributed by atoms with Gasteiger partial charge in [-0.1, -0.05) is 29.8 Å². The molecule has 0 heterocycles. The van der Waals surface area contributed by atoms with E-state index in [1.165, 1.54) is 0 Å². The molecule has 2 N–H and O–H groups in total. The zero-order valence-electron chi connectivity index (χ0n) is 13.3. The largest absolute Gasteiger partial charge is 0.497 e. The average molecular weight is 336 g/mol. The van der Waals surface area contributed by atoms with E-state index in [1.807, 2.05) is 49.4 Å². The topological polar surface area (TPSA) is 50.7 Å². The Labute approximate surface area is 142 Å². The molecule has 4 nitrogen and oxygen atoms in total. The minimum absolute atomic E-state index is 0.124. The lowest BCUT2D eigenvalue weighted by Crippen LogP contribution is -2.33. The quantitative estimate of drug-likeness (QED) is 0.776. The summed E-state index contributed by atoms with van der Waals surface area (Å²) in [7, 11) is 1.61. The Kier molecular flexibility index (Phi) is 6.71. The molecule has 0 fully saturated rings. The van der Waals surface area contributed by atoms with Crippen molar-refractivity contribution in [2.45, 2.75) is 19.1 Å². The Morgan fingerprint density at radius 3 is 2.52 bits per heavy atom. The van der Waals surface area contributed by atoms with Gasteiger partial charge in [-0.3, -0.25) is 0 Å². The highest BCUT2D eigenvalue weighted by molar-refractivity contribution is 6.30. The minimum Gasteiger partial charge on any atom is -0.497 e. The van der Waals surface area contributed by atoms with Crippen LogP contribution in [-0.4, -0.2) is 31.5 Å². The van der Waals surface area contributed by atoms with Gasteiger partial charge in [0.15, 0.2) is 0 Å². The number of ether oxygens (including phenoxy) is 2. The fourth-order valence-corrected chi connectivity index (χ4v) is 2.25. The van der Waals surface area contributed by atoms with Gasteiger partial charge in [0.1, 0.15) is 24.2 Å². The number of methoxy groups -OCH3 is 1. The third-order valence-electron chi connectivity index (χ3n) is 3.51. The summed E-state index contributed by atoms with van der Waals surface area (Å²) in [6.45, 7) is 2.69. The molecule has 0 aliphatic heterocycles. The summed E-state index contributed by atoms with van der Waals surface area (Å²) in [5.41, 5.74) is 1.12. The molecule has 23 heavy (non-hydrogen) atoms. The molecule has 0 radical (unpaired) electrons. The molecular formula is C18H22ClNO3. The highest BCUT2D eigenvalue weighted by atomic mass is 35.5. The van der Waals surface area contributed by atoms with Crippen LogP contribution in [0.2, 0.25) is 5.02 Å². The molecule has 5 heteroatoms. The van der Waals surface area contributed by atoms with Gasteiger partial charge in [-0.05, 0) is 36.8 Å². The maximum absolute atomic E-state index is 10.0. The number of hydrogen-bond donors (Lipinski definition) is 2. The van der Waals surface area contributed by atoms with Crippen molar-refractivity contribution in [2.24, 2.45) is 0 Å². The molecule has 124 valence electrons. The van der Waals surface area contributed by atoms with E-state index in [2.05, 4.69) is 5.32 Å². The molecule has 0 amide bonds. The number of aliphatic hydroxyl groups is 1. The second-order valence-corrected chi connectivity index (χ2v) is 5.76. The molecule has 0 saturated heterocycles. The van der Waals surface area contributed by atoms with E-state index in [-0.39, 0.29) is 12.6 Å². The van der Waals surface area contributed by atoms with Crippen molar-refractivity contribution < 1.29 is 14.6 Å². The minimum atomic E-state index is -0.601. The smallest absolute Gasteiger partial charge is 0.123 e. The highest BCUT2D eigenvalue weighted by Crippen LogP contribution is 2.19. The van der Waals surface area contributed by atoms with Crippen LogP contribution < -0.4 is 14.8 Å². The van der Waals surface area contributed by atoms with Crippen LogP contribution in [0.1, 0.15) is 18.5 Å². The second kappa shape index (κ2) is 8.77. The third-order valence-corrected chi connectivity index (χ3v) is 3.77. The maximum Gasteiger partial charge on any atom is 0.123 e. The summed E-state index contributed by atoms with van der Waals surface area (Å²) in [5, 5.41) is 14.0.